The van der Waals surface area contributed by atoms with Crippen molar-refractivity contribution in [3.05, 3.63) is 57.1 Å². The Bertz CT molecular complexity index is 977. The van der Waals surface area contributed by atoms with Crippen molar-refractivity contribution in [1.29, 1.82) is 0 Å². The Morgan fingerprint density at radius 2 is 1.74 bits per heavy atom. The van der Waals surface area contributed by atoms with Crippen molar-refractivity contribution in [2.75, 3.05) is 6.54 Å². The molecule has 3 N–H and O–H groups in total. The van der Waals surface area contributed by atoms with E-state index in [9.17, 15) is 13.2 Å². The van der Waals surface area contributed by atoms with Crippen LogP contribution in [-0.2, 0) is 12.6 Å². The van der Waals surface area contributed by atoms with Gasteiger partial charge in [0.05, 0.1) is 16.8 Å². The Kier molecular flexibility index (Phi) is 5.75. The number of rotatable bonds is 5. The summed E-state index contributed by atoms with van der Waals surface area (Å²) in [5.74, 6) is 0. The van der Waals surface area contributed by atoms with Crippen LogP contribution in [0.3, 0.4) is 0 Å². The quantitative estimate of drug-likeness (QED) is 0.445. The molecular weight excluding hydrogens is 396 g/mol. The lowest BCUT2D eigenvalue weighted by molar-refractivity contribution is -0.137. The number of aromatic nitrogens is 1. The molecule has 7 heteroatoms. The topological polar surface area (TPSA) is 41.8 Å². The fourth-order valence-corrected chi connectivity index (χ4v) is 3.63. The molecule has 3 aromatic rings. The minimum Gasteiger partial charge on any atom is -0.354 e. The van der Waals surface area contributed by atoms with Gasteiger partial charge in [0.2, 0.25) is 0 Å². The van der Waals surface area contributed by atoms with Gasteiger partial charge in [-0.1, -0.05) is 29.3 Å². The first-order chi connectivity index (χ1) is 12.7. The van der Waals surface area contributed by atoms with Crippen LogP contribution >= 0.6 is 23.2 Å². The van der Waals surface area contributed by atoms with Crippen molar-refractivity contribution in [2.45, 2.75) is 32.4 Å². The van der Waals surface area contributed by atoms with Crippen LogP contribution in [0.1, 0.15) is 29.5 Å². The molecule has 0 aliphatic heterocycles. The molecule has 0 fully saturated rings. The molecule has 3 rings (SSSR count). The maximum absolute atomic E-state index is 13.2. The molecule has 144 valence electrons. The van der Waals surface area contributed by atoms with Gasteiger partial charge in [-0.2, -0.15) is 13.2 Å². The van der Waals surface area contributed by atoms with Crippen LogP contribution in [0.5, 0.6) is 0 Å². The zero-order valence-corrected chi connectivity index (χ0v) is 16.2. The zero-order valence-electron chi connectivity index (χ0n) is 14.7. The van der Waals surface area contributed by atoms with Crippen LogP contribution in [0, 0.1) is 6.92 Å². The van der Waals surface area contributed by atoms with Gasteiger partial charge in [0.25, 0.3) is 0 Å². The summed E-state index contributed by atoms with van der Waals surface area (Å²) in [7, 11) is 0. The molecule has 1 heterocycles. The van der Waals surface area contributed by atoms with Gasteiger partial charge in [-0.3, -0.25) is 0 Å². The van der Waals surface area contributed by atoms with Gasteiger partial charge in [-0.25, -0.2) is 0 Å². The van der Waals surface area contributed by atoms with Crippen LogP contribution in [0.15, 0.2) is 30.3 Å². The number of H-pyrrole nitrogens is 1. The molecule has 0 aliphatic rings. The lowest BCUT2D eigenvalue weighted by Crippen LogP contribution is -2.05. The molecule has 0 bridgehead atoms. The molecule has 1 aromatic heterocycles. The smallest absolute Gasteiger partial charge is 0.354 e. The number of fused-ring (bicyclic) bond motifs is 1. The summed E-state index contributed by atoms with van der Waals surface area (Å²) in [6.45, 7) is 2.44. The second-order valence-electron chi connectivity index (χ2n) is 6.51. The summed E-state index contributed by atoms with van der Waals surface area (Å²) in [5, 5.41) is 1.80. The zero-order chi connectivity index (χ0) is 19.8. The Labute approximate surface area is 165 Å². The van der Waals surface area contributed by atoms with E-state index >= 15 is 0 Å². The highest BCUT2D eigenvalue weighted by atomic mass is 35.5. The van der Waals surface area contributed by atoms with Crippen LogP contribution in [0.4, 0.5) is 13.2 Å². The number of aryl methyl sites for hydroxylation is 2. The second kappa shape index (κ2) is 7.74. The molecule has 2 nitrogen and oxygen atoms in total. The lowest BCUT2D eigenvalue weighted by atomic mass is 9.98. The predicted molar refractivity (Wildman–Crippen MR) is 105 cm³/mol. The Morgan fingerprint density at radius 3 is 2.41 bits per heavy atom. The van der Waals surface area contributed by atoms with E-state index in [0.29, 0.717) is 29.2 Å². The van der Waals surface area contributed by atoms with Crippen LogP contribution in [0.25, 0.3) is 22.2 Å². The third-order valence-electron chi connectivity index (χ3n) is 4.72. The first-order valence-corrected chi connectivity index (χ1v) is 9.36. The first kappa shape index (κ1) is 20.1. The van der Waals surface area contributed by atoms with Crippen LogP contribution < -0.4 is 5.73 Å². The van der Waals surface area contributed by atoms with E-state index in [-0.39, 0.29) is 5.02 Å². The lowest BCUT2D eigenvalue weighted by Gasteiger charge is -2.11. The van der Waals surface area contributed by atoms with Gasteiger partial charge in [0, 0.05) is 21.0 Å². The summed E-state index contributed by atoms with van der Waals surface area (Å²) in [5.41, 5.74) is 8.39. The average Bonchev–Trinajstić information content (AvgIpc) is 2.97. The SMILES string of the molecule is Cc1c(Cl)ccc2c(CCCCN)c(-c3cc(C(F)(F)F)ccc3Cl)[nH]c12. The van der Waals surface area contributed by atoms with E-state index in [1.54, 1.807) is 6.07 Å². The summed E-state index contributed by atoms with van der Waals surface area (Å²) < 4.78 is 39.6. The van der Waals surface area contributed by atoms with Crippen molar-refractivity contribution in [2.24, 2.45) is 5.73 Å². The van der Waals surface area contributed by atoms with Crippen molar-refractivity contribution in [3.8, 4) is 11.3 Å². The fourth-order valence-electron chi connectivity index (χ4n) is 3.26. The fraction of sp³-hybridized carbons (Fsp3) is 0.300. The summed E-state index contributed by atoms with van der Waals surface area (Å²) in [6, 6.07) is 7.07. The molecular formula is C20H19Cl2F3N2. The highest BCUT2D eigenvalue weighted by Crippen LogP contribution is 2.40. The minimum atomic E-state index is -4.44. The second-order valence-corrected chi connectivity index (χ2v) is 7.33. The molecule has 0 radical (unpaired) electrons. The van der Waals surface area contributed by atoms with Crippen molar-refractivity contribution >= 4 is 34.1 Å². The maximum atomic E-state index is 13.2. The summed E-state index contributed by atoms with van der Waals surface area (Å²) >= 11 is 12.5. The number of benzene rings is 2. The van der Waals surface area contributed by atoms with E-state index < -0.39 is 11.7 Å². The third kappa shape index (κ3) is 3.96. The first-order valence-electron chi connectivity index (χ1n) is 8.61. The Morgan fingerprint density at radius 1 is 1.04 bits per heavy atom. The summed E-state index contributed by atoms with van der Waals surface area (Å²) in [6.07, 6.45) is -2.10. The van der Waals surface area contributed by atoms with E-state index in [2.05, 4.69) is 4.98 Å². The molecule has 0 spiro atoms. The molecule has 0 aliphatic carbocycles. The van der Waals surface area contributed by atoms with E-state index in [0.717, 1.165) is 47.0 Å². The predicted octanol–water partition coefficient (Wildman–Crippen LogP) is 6.75. The summed E-state index contributed by atoms with van der Waals surface area (Å²) in [4.78, 5) is 3.27. The molecule has 0 unspecified atom stereocenters. The minimum absolute atomic E-state index is 0.262. The Hall–Kier alpha value is -1.69. The third-order valence-corrected chi connectivity index (χ3v) is 5.46. The normalized spacial score (nSPS) is 12.1. The van der Waals surface area contributed by atoms with E-state index in [4.69, 9.17) is 28.9 Å². The van der Waals surface area contributed by atoms with Gasteiger partial charge in [-0.05, 0) is 68.1 Å². The van der Waals surface area contributed by atoms with Gasteiger partial charge in [0.1, 0.15) is 0 Å². The molecule has 0 saturated heterocycles. The van der Waals surface area contributed by atoms with E-state index in [1.807, 2.05) is 13.0 Å². The monoisotopic (exact) mass is 414 g/mol. The van der Waals surface area contributed by atoms with Crippen molar-refractivity contribution in [3.63, 3.8) is 0 Å². The van der Waals surface area contributed by atoms with Gasteiger partial charge in [-0.15, -0.1) is 0 Å². The molecule has 0 atom stereocenters. The number of alkyl halides is 3. The standard InChI is InChI=1S/C20H19Cl2F3N2/c1-11-16(21)8-6-14-13(4-2-3-9-26)19(27-18(11)14)15-10-12(20(23,24)25)5-7-17(15)22/h5-8,10,27H,2-4,9,26H2,1H3. The highest BCUT2D eigenvalue weighted by Gasteiger charge is 2.31. The number of nitrogens with two attached hydrogens (primary N) is 1. The number of unbranched alkanes of at least 4 members (excludes halogenated alkanes) is 1. The largest absolute Gasteiger partial charge is 0.416 e. The number of halogens is 5. The van der Waals surface area contributed by atoms with Gasteiger partial charge < -0.3 is 10.7 Å². The molecule has 0 saturated carbocycles. The van der Waals surface area contributed by atoms with Gasteiger partial charge >= 0.3 is 6.18 Å². The molecule has 27 heavy (non-hydrogen) atoms. The van der Waals surface area contributed by atoms with Crippen molar-refractivity contribution < 1.29 is 13.2 Å². The average molecular weight is 415 g/mol. The van der Waals surface area contributed by atoms with Crippen LogP contribution in [0.2, 0.25) is 10.0 Å². The molecule has 2 aromatic carbocycles. The number of hydrogen-bond acceptors (Lipinski definition) is 1. The van der Waals surface area contributed by atoms with Gasteiger partial charge in [0.15, 0.2) is 0 Å². The number of nitrogens with one attached hydrogen (secondary N) is 1. The van der Waals surface area contributed by atoms with Crippen molar-refractivity contribution in [1.82, 2.24) is 4.98 Å². The van der Waals surface area contributed by atoms with Crippen LogP contribution in [-0.4, -0.2) is 11.5 Å². The number of aromatic amines is 1. The highest BCUT2D eigenvalue weighted by molar-refractivity contribution is 6.33. The number of hydrogen-bond donors (Lipinski definition) is 2. The van der Waals surface area contributed by atoms with E-state index in [1.165, 1.54) is 6.07 Å². The maximum Gasteiger partial charge on any atom is 0.416 e. The molecule has 0 amide bonds. The Balaban J connectivity index is 2.24.